The van der Waals surface area contributed by atoms with Crippen molar-refractivity contribution in [2.24, 2.45) is 5.14 Å². The van der Waals surface area contributed by atoms with Gasteiger partial charge in [-0.3, -0.25) is 4.79 Å². The van der Waals surface area contributed by atoms with Crippen molar-refractivity contribution in [2.75, 3.05) is 7.05 Å². The zero-order valence-corrected chi connectivity index (χ0v) is 16.9. The lowest BCUT2D eigenvalue weighted by Crippen LogP contribution is -2.28. The van der Waals surface area contributed by atoms with Gasteiger partial charge in [-0.2, -0.15) is 0 Å². The number of carbonyl (C=O) groups is 1. The van der Waals surface area contributed by atoms with Crippen molar-refractivity contribution in [1.29, 1.82) is 0 Å². The summed E-state index contributed by atoms with van der Waals surface area (Å²) < 4.78 is 22.7. The van der Waals surface area contributed by atoms with E-state index in [-0.39, 0.29) is 16.8 Å². The Kier molecular flexibility index (Phi) is 6.57. The molecule has 0 radical (unpaired) electrons. The highest BCUT2D eigenvalue weighted by molar-refractivity contribution is 7.89. The minimum absolute atomic E-state index is 0.0529. The topological polar surface area (TPSA) is 80.5 Å². The van der Waals surface area contributed by atoms with E-state index in [1.54, 1.807) is 36.2 Å². The number of likely N-dealkylation sites (N-methyl/N-ethyl adjacent to an activating group) is 1. The first-order valence-corrected chi connectivity index (χ1v) is 10.3. The van der Waals surface area contributed by atoms with Crippen molar-refractivity contribution in [2.45, 2.75) is 37.6 Å². The molecule has 0 aliphatic carbocycles. The largest absolute Gasteiger partial charge is 0.335 e. The highest BCUT2D eigenvalue weighted by Gasteiger charge is 2.16. The maximum absolute atomic E-state index is 12.5. The third kappa shape index (κ3) is 5.52. The highest BCUT2D eigenvalue weighted by atomic mass is 32.2. The van der Waals surface area contributed by atoms with Gasteiger partial charge in [-0.15, -0.1) is 0 Å². The summed E-state index contributed by atoms with van der Waals surface area (Å²) >= 11 is 0. The SMILES string of the molecule is CC(C)c1ccc(/C=C/C(=O)N(C)[C@H](C)c2ccc(S(N)(=O)=O)cc2)cc1. The number of hydrogen-bond donors (Lipinski definition) is 1. The fourth-order valence-electron chi connectivity index (χ4n) is 2.63. The standard InChI is InChI=1S/C21H26N2O3S/c1-15(2)18-8-5-17(6-9-18)7-14-21(24)23(4)16(3)19-10-12-20(13-11-19)27(22,25)26/h5-16H,1-4H3,(H2,22,25,26)/b14-7+/t16-/m1/s1. The molecule has 0 spiro atoms. The van der Waals surface area contributed by atoms with Gasteiger partial charge in [-0.25, -0.2) is 13.6 Å². The van der Waals surface area contributed by atoms with Crippen molar-refractivity contribution in [3.8, 4) is 0 Å². The molecule has 2 N–H and O–H groups in total. The lowest BCUT2D eigenvalue weighted by atomic mass is 10.0. The lowest BCUT2D eigenvalue weighted by Gasteiger charge is -2.24. The summed E-state index contributed by atoms with van der Waals surface area (Å²) in [5.41, 5.74) is 3.05. The summed E-state index contributed by atoms with van der Waals surface area (Å²) in [6.45, 7) is 6.16. The van der Waals surface area contributed by atoms with Crippen LogP contribution in [0.2, 0.25) is 0 Å². The van der Waals surface area contributed by atoms with Crippen molar-refractivity contribution in [3.05, 3.63) is 71.3 Å². The quantitative estimate of drug-likeness (QED) is 0.769. The van der Waals surface area contributed by atoms with E-state index < -0.39 is 10.0 Å². The molecule has 144 valence electrons. The predicted octanol–water partition coefficient (Wildman–Crippen LogP) is 3.69. The van der Waals surface area contributed by atoms with Crippen LogP contribution in [-0.2, 0) is 14.8 Å². The molecule has 27 heavy (non-hydrogen) atoms. The molecule has 0 bridgehead atoms. The van der Waals surface area contributed by atoms with E-state index in [4.69, 9.17) is 5.14 Å². The molecule has 2 rings (SSSR count). The van der Waals surface area contributed by atoms with E-state index in [9.17, 15) is 13.2 Å². The summed E-state index contributed by atoms with van der Waals surface area (Å²) in [6.07, 6.45) is 3.33. The Bertz CT molecular complexity index is 915. The number of rotatable bonds is 6. The fraction of sp³-hybridized carbons (Fsp3) is 0.286. The van der Waals surface area contributed by atoms with Crippen LogP contribution in [-0.4, -0.2) is 26.3 Å². The van der Waals surface area contributed by atoms with Crippen LogP contribution in [0.4, 0.5) is 0 Å². The first-order valence-electron chi connectivity index (χ1n) is 8.77. The van der Waals surface area contributed by atoms with E-state index in [1.165, 1.54) is 17.7 Å². The maximum atomic E-state index is 12.5. The number of carbonyl (C=O) groups excluding carboxylic acids is 1. The third-order valence-electron chi connectivity index (χ3n) is 4.64. The predicted molar refractivity (Wildman–Crippen MR) is 109 cm³/mol. The first kappa shape index (κ1) is 20.9. The minimum atomic E-state index is -3.72. The number of hydrogen-bond acceptors (Lipinski definition) is 3. The van der Waals surface area contributed by atoms with Crippen LogP contribution in [0.3, 0.4) is 0 Å². The second-order valence-corrected chi connectivity index (χ2v) is 8.46. The molecule has 1 atom stereocenters. The van der Waals surface area contributed by atoms with Gasteiger partial charge in [0.15, 0.2) is 0 Å². The molecule has 6 heteroatoms. The van der Waals surface area contributed by atoms with E-state index in [2.05, 4.69) is 26.0 Å². The molecule has 0 saturated heterocycles. The molecule has 0 aliphatic rings. The van der Waals surface area contributed by atoms with Crippen molar-refractivity contribution < 1.29 is 13.2 Å². The smallest absolute Gasteiger partial charge is 0.246 e. The van der Waals surface area contributed by atoms with Crippen LogP contribution >= 0.6 is 0 Å². The van der Waals surface area contributed by atoms with Crippen LogP contribution in [0, 0.1) is 0 Å². The first-order chi connectivity index (χ1) is 12.6. The molecule has 0 aliphatic heterocycles. The monoisotopic (exact) mass is 386 g/mol. The summed E-state index contributed by atoms with van der Waals surface area (Å²) in [7, 11) is -2.01. The van der Waals surface area contributed by atoms with Crippen LogP contribution in [0.1, 0.15) is 49.4 Å². The Morgan fingerprint density at radius 3 is 1.96 bits per heavy atom. The van der Waals surface area contributed by atoms with Gasteiger partial charge >= 0.3 is 0 Å². The Morgan fingerprint density at radius 2 is 1.48 bits per heavy atom. The number of nitrogens with two attached hydrogens (primary N) is 1. The summed E-state index contributed by atoms with van der Waals surface area (Å²) in [6, 6.07) is 14.1. The zero-order valence-electron chi connectivity index (χ0n) is 16.1. The number of primary sulfonamides is 1. The molecule has 0 saturated carbocycles. The van der Waals surface area contributed by atoms with Gasteiger partial charge in [0, 0.05) is 13.1 Å². The Labute approximate surface area is 161 Å². The maximum Gasteiger partial charge on any atom is 0.246 e. The van der Waals surface area contributed by atoms with Gasteiger partial charge in [0.05, 0.1) is 10.9 Å². The van der Waals surface area contributed by atoms with E-state index in [1.807, 2.05) is 19.1 Å². The Balaban J connectivity index is 2.07. The van der Waals surface area contributed by atoms with Crippen LogP contribution in [0.5, 0.6) is 0 Å². The van der Waals surface area contributed by atoms with Crippen LogP contribution in [0.15, 0.2) is 59.5 Å². The van der Waals surface area contributed by atoms with E-state index in [0.29, 0.717) is 5.92 Å². The van der Waals surface area contributed by atoms with Crippen LogP contribution < -0.4 is 5.14 Å². The number of benzene rings is 2. The molecule has 0 heterocycles. The van der Waals surface area contributed by atoms with Crippen molar-refractivity contribution >= 4 is 22.0 Å². The molecular formula is C21H26N2O3S. The molecule has 2 aromatic rings. The molecular weight excluding hydrogens is 360 g/mol. The zero-order chi connectivity index (χ0) is 20.2. The summed E-state index contributed by atoms with van der Waals surface area (Å²) in [5.74, 6) is 0.336. The second kappa shape index (κ2) is 8.50. The summed E-state index contributed by atoms with van der Waals surface area (Å²) in [5, 5.41) is 5.11. The number of sulfonamides is 1. The van der Waals surface area contributed by atoms with Gasteiger partial charge in [-0.05, 0) is 47.7 Å². The molecule has 0 unspecified atom stereocenters. The van der Waals surface area contributed by atoms with Crippen molar-refractivity contribution in [1.82, 2.24) is 4.90 Å². The van der Waals surface area contributed by atoms with Crippen molar-refractivity contribution in [3.63, 3.8) is 0 Å². The van der Waals surface area contributed by atoms with E-state index >= 15 is 0 Å². The van der Waals surface area contributed by atoms with Gasteiger partial charge in [0.2, 0.25) is 15.9 Å². The minimum Gasteiger partial charge on any atom is -0.335 e. The Hall–Kier alpha value is -2.44. The van der Waals surface area contributed by atoms with Gasteiger partial charge in [0.25, 0.3) is 0 Å². The lowest BCUT2D eigenvalue weighted by molar-refractivity contribution is -0.126. The van der Waals surface area contributed by atoms with Gasteiger partial charge in [-0.1, -0.05) is 50.2 Å². The molecule has 2 aromatic carbocycles. The highest BCUT2D eigenvalue weighted by Crippen LogP contribution is 2.21. The summed E-state index contributed by atoms with van der Waals surface area (Å²) in [4.78, 5) is 14.1. The third-order valence-corrected chi connectivity index (χ3v) is 5.57. The molecule has 1 amide bonds. The number of amides is 1. The molecule has 0 fully saturated rings. The normalized spacial score (nSPS) is 13.1. The average molecular weight is 387 g/mol. The van der Waals surface area contributed by atoms with E-state index in [0.717, 1.165) is 11.1 Å². The molecule has 0 aromatic heterocycles. The number of nitrogens with zero attached hydrogens (tertiary/aromatic N) is 1. The fourth-order valence-corrected chi connectivity index (χ4v) is 3.14. The van der Waals surface area contributed by atoms with Gasteiger partial charge < -0.3 is 4.90 Å². The average Bonchev–Trinajstić information content (AvgIpc) is 2.64. The Morgan fingerprint density at radius 1 is 0.963 bits per heavy atom. The van der Waals surface area contributed by atoms with Crippen LogP contribution in [0.25, 0.3) is 6.08 Å². The second-order valence-electron chi connectivity index (χ2n) is 6.89. The van der Waals surface area contributed by atoms with Gasteiger partial charge in [0.1, 0.15) is 0 Å². The molecule has 5 nitrogen and oxygen atoms in total.